The molecule has 0 spiro atoms. The number of hydrogen-bond donors (Lipinski definition) is 0. The number of morpholine rings is 1. The molecule has 0 saturated carbocycles. The number of fused-ring (bicyclic) bond motifs is 3. The lowest BCUT2D eigenvalue weighted by Gasteiger charge is -2.35. The van der Waals surface area contributed by atoms with Crippen molar-refractivity contribution in [2.45, 2.75) is 31.1 Å². The van der Waals surface area contributed by atoms with Crippen molar-refractivity contribution in [2.75, 3.05) is 37.5 Å². The zero-order chi connectivity index (χ0) is 16.8. The van der Waals surface area contributed by atoms with E-state index in [4.69, 9.17) is 21.1 Å². The molecule has 1 saturated heterocycles. The second-order valence-electron chi connectivity index (χ2n) is 6.34. The molecule has 0 aromatic carbocycles. The predicted molar refractivity (Wildman–Crippen MR) is 87.0 cm³/mol. The van der Waals surface area contributed by atoms with E-state index in [1.165, 1.54) is 6.26 Å². The molecule has 23 heavy (non-hydrogen) atoms. The van der Waals surface area contributed by atoms with Gasteiger partial charge in [0.05, 0.1) is 25.9 Å². The highest BCUT2D eigenvalue weighted by Gasteiger charge is 2.41. The molecule has 0 amide bonds. The molecular weight excluding hydrogens is 342 g/mol. The third kappa shape index (κ3) is 2.88. The molecular formula is C14H20ClN3O4S. The van der Waals surface area contributed by atoms with E-state index in [9.17, 15) is 8.42 Å². The van der Waals surface area contributed by atoms with Crippen molar-refractivity contribution in [1.29, 1.82) is 0 Å². The second-order valence-corrected chi connectivity index (χ2v) is 9.24. The molecule has 0 bridgehead atoms. The van der Waals surface area contributed by atoms with Crippen LogP contribution in [0.3, 0.4) is 0 Å². The molecule has 1 fully saturated rings. The summed E-state index contributed by atoms with van der Waals surface area (Å²) >= 11 is 6.09. The summed E-state index contributed by atoms with van der Waals surface area (Å²) < 4.78 is 34.6. The quantitative estimate of drug-likeness (QED) is 0.736. The standard InChI is InChI=1S/C14H20ClN3O4S/c1-14(2,23(3,19)20)11-10-12(17-13(15)16-11)18-5-7-21-8-9(18)4-6-22-10/h9H,4-8H2,1-3H3/t9-/m0/s1. The van der Waals surface area contributed by atoms with Gasteiger partial charge in [-0.05, 0) is 25.4 Å². The second kappa shape index (κ2) is 5.75. The van der Waals surface area contributed by atoms with Gasteiger partial charge >= 0.3 is 0 Å². The van der Waals surface area contributed by atoms with Gasteiger partial charge in [0.1, 0.15) is 10.4 Å². The first kappa shape index (κ1) is 16.7. The number of nitrogens with zero attached hydrogens (tertiary/aromatic N) is 3. The van der Waals surface area contributed by atoms with Gasteiger partial charge in [0.2, 0.25) is 5.28 Å². The summed E-state index contributed by atoms with van der Waals surface area (Å²) in [6.07, 6.45) is 1.95. The minimum absolute atomic E-state index is 0.0196. The average molecular weight is 362 g/mol. The van der Waals surface area contributed by atoms with Crippen LogP contribution in [0, 0.1) is 0 Å². The number of rotatable bonds is 2. The van der Waals surface area contributed by atoms with Crippen molar-refractivity contribution in [1.82, 2.24) is 9.97 Å². The molecule has 3 heterocycles. The molecule has 0 unspecified atom stereocenters. The van der Waals surface area contributed by atoms with Gasteiger partial charge in [-0.3, -0.25) is 0 Å². The Kier molecular flexibility index (Phi) is 4.18. The zero-order valence-electron chi connectivity index (χ0n) is 13.4. The van der Waals surface area contributed by atoms with Crippen LogP contribution in [0.4, 0.5) is 5.82 Å². The molecule has 2 aliphatic rings. The number of anilines is 1. The summed E-state index contributed by atoms with van der Waals surface area (Å²) in [7, 11) is -3.42. The van der Waals surface area contributed by atoms with Gasteiger partial charge in [-0.15, -0.1) is 0 Å². The highest BCUT2D eigenvalue weighted by Crippen LogP contribution is 2.42. The Morgan fingerprint density at radius 2 is 2.04 bits per heavy atom. The molecule has 1 atom stereocenters. The summed E-state index contributed by atoms with van der Waals surface area (Å²) in [5.41, 5.74) is 0.308. The number of ether oxygens (including phenoxy) is 2. The van der Waals surface area contributed by atoms with Crippen molar-refractivity contribution in [3.63, 3.8) is 0 Å². The lowest BCUT2D eigenvalue weighted by Crippen LogP contribution is -2.45. The van der Waals surface area contributed by atoms with E-state index in [2.05, 4.69) is 14.9 Å². The van der Waals surface area contributed by atoms with E-state index < -0.39 is 14.6 Å². The van der Waals surface area contributed by atoms with Crippen LogP contribution in [-0.2, 0) is 19.3 Å². The van der Waals surface area contributed by atoms with Crippen LogP contribution in [-0.4, -0.2) is 57.0 Å². The van der Waals surface area contributed by atoms with Crippen LogP contribution in [0.1, 0.15) is 26.0 Å². The van der Waals surface area contributed by atoms with Gasteiger partial charge in [-0.2, -0.15) is 4.98 Å². The Bertz CT molecular complexity index is 723. The number of sulfone groups is 1. The molecule has 0 aliphatic carbocycles. The maximum atomic E-state index is 12.2. The van der Waals surface area contributed by atoms with E-state index in [0.717, 1.165) is 6.42 Å². The summed E-state index contributed by atoms with van der Waals surface area (Å²) in [5, 5.41) is 0.0196. The maximum Gasteiger partial charge on any atom is 0.224 e. The molecule has 0 radical (unpaired) electrons. The summed E-state index contributed by atoms with van der Waals surface area (Å²) in [6, 6.07) is 0.144. The first-order valence-electron chi connectivity index (χ1n) is 7.46. The third-order valence-electron chi connectivity index (χ3n) is 4.51. The highest BCUT2D eigenvalue weighted by atomic mass is 35.5. The van der Waals surface area contributed by atoms with Gasteiger partial charge < -0.3 is 14.4 Å². The maximum absolute atomic E-state index is 12.2. The third-order valence-corrected chi connectivity index (χ3v) is 6.73. The topological polar surface area (TPSA) is 81.6 Å². The molecule has 1 aromatic rings. The first-order valence-corrected chi connectivity index (χ1v) is 9.73. The number of halogens is 1. The Hall–Kier alpha value is -1.12. The van der Waals surface area contributed by atoms with E-state index in [1.807, 2.05) is 0 Å². The summed E-state index contributed by atoms with van der Waals surface area (Å²) in [5.74, 6) is 0.969. The Morgan fingerprint density at radius 3 is 2.74 bits per heavy atom. The number of aromatic nitrogens is 2. The van der Waals surface area contributed by atoms with E-state index in [0.29, 0.717) is 43.6 Å². The summed E-state index contributed by atoms with van der Waals surface area (Å²) in [4.78, 5) is 10.6. The van der Waals surface area contributed by atoms with Crippen molar-refractivity contribution in [3.8, 4) is 5.75 Å². The van der Waals surface area contributed by atoms with E-state index in [1.54, 1.807) is 13.8 Å². The van der Waals surface area contributed by atoms with Gasteiger partial charge in [0.25, 0.3) is 0 Å². The monoisotopic (exact) mass is 361 g/mol. The van der Waals surface area contributed by atoms with Crippen LogP contribution >= 0.6 is 11.6 Å². The van der Waals surface area contributed by atoms with E-state index >= 15 is 0 Å². The van der Waals surface area contributed by atoms with E-state index in [-0.39, 0.29) is 11.3 Å². The predicted octanol–water partition coefficient (Wildman–Crippen LogP) is 1.40. The summed E-state index contributed by atoms with van der Waals surface area (Å²) in [6.45, 7) is 5.50. The SMILES string of the molecule is CC(C)(c1nc(Cl)nc2c1OCC[C@H]1COCCN21)S(C)(=O)=O. The van der Waals surface area contributed by atoms with Crippen molar-refractivity contribution >= 4 is 27.3 Å². The zero-order valence-corrected chi connectivity index (χ0v) is 14.9. The van der Waals surface area contributed by atoms with Gasteiger partial charge in [0, 0.05) is 19.2 Å². The largest absolute Gasteiger partial charge is 0.488 e. The van der Waals surface area contributed by atoms with Gasteiger partial charge in [0.15, 0.2) is 21.4 Å². The Morgan fingerprint density at radius 1 is 1.30 bits per heavy atom. The fourth-order valence-corrected chi connectivity index (χ4v) is 3.45. The Labute approximate surface area is 140 Å². The fraction of sp³-hybridized carbons (Fsp3) is 0.714. The molecule has 128 valence electrons. The first-order chi connectivity index (χ1) is 10.7. The molecule has 2 aliphatic heterocycles. The smallest absolute Gasteiger partial charge is 0.224 e. The molecule has 0 N–H and O–H groups in total. The van der Waals surface area contributed by atoms with Gasteiger partial charge in [-0.25, -0.2) is 13.4 Å². The number of hydrogen-bond acceptors (Lipinski definition) is 7. The van der Waals surface area contributed by atoms with Crippen LogP contribution in [0.2, 0.25) is 5.28 Å². The lowest BCUT2D eigenvalue weighted by atomic mass is 10.1. The minimum Gasteiger partial charge on any atom is -0.488 e. The van der Waals surface area contributed by atoms with Crippen molar-refractivity contribution < 1.29 is 17.9 Å². The lowest BCUT2D eigenvalue weighted by molar-refractivity contribution is 0.0894. The Balaban J connectivity index is 2.19. The van der Waals surface area contributed by atoms with Crippen LogP contribution < -0.4 is 9.64 Å². The van der Waals surface area contributed by atoms with Crippen molar-refractivity contribution in [3.05, 3.63) is 11.0 Å². The minimum atomic E-state index is -3.42. The van der Waals surface area contributed by atoms with Crippen LogP contribution in [0.5, 0.6) is 5.75 Å². The highest BCUT2D eigenvalue weighted by molar-refractivity contribution is 7.91. The van der Waals surface area contributed by atoms with Crippen LogP contribution in [0.25, 0.3) is 0 Å². The normalized spacial score (nSPS) is 21.9. The van der Waals surface area contributed by atoms with Gasteiger partial charge in [-0.1, -0.05) is 0 Å². The van der Waals surface area contributed by atoms with Crippen LogP contribution in [0.15, 0.2) is 0 Å². The molecule has 3 rings (SSSR count). The molecule has 7 nitrogen and oxygen atoms in total. The van der Waals surface area contributed by atoms with Crippen molar-refractivity contribution in [2.24, 2.45) is 0 Å². The molecule has 1 aromatic heterocycles. The average Bonchev–Trinajstić information content (AvgIpc) is 2.65. The fourth-order valence-electron chi connectivity index (χ4n) is 2.79. The molecule has 9 heteroatoms.